The Balaban J connectivity index is 1.48. The second kappa shape index (κ2) is 10.2. The minimum absolute atomic E-state index is 0.0396. The first-order chi connectivity index (χ1) is 15.2. The summed E-state index contributed by atoms with van der Waals surface area (Å²) in [6.07, 6.45) is 0.798. The Kier molecular flexibility index (Phi) is 7.41. The quantitative estimate of drug-likeness (QED) is 0.725. The largest absolute Gasteiger partial charge is 0.336 e. The van der Waals surface area contributed by atoms with Gasteiger partial charge in [0, 0.05) is 32.0 Å². The molecular formula is C25H30N4O3. The number of likely N-dealkylation sites (N-methyl/N-ethyl adjacent to an activating group) is 1. The van der Waals surface area contributed by atoms with E-state index in [9.17, 15) is 14.4 Å². The summed E-state index contributed by atoms with van der Waals surface area (Å²) in [5.74, 6) is -0.704. The lowest BCUT2D eigenvalue weighted by molar-refractivity contribution is -0.137. The van der Waals surface area contributed by atoms with E-state index in [2.05, 4.69) is 10.4 Å². The minimum atomic E-state index is -0.265. The normalized spacial score (nSPS) is 13.0. The van der Waals surface area contributed by atoms with E-state index in [4.69, 9.17) is 0 Å². The number of benzene rings is 2. The topological polar surface area (TPSA) is 82.1 Å². The first-order valence-electron chi connectivity index (χ1n) is 10.8. The van der Waals surface area contributed by atoms with Crippen molar-refractivity contribution in [1.82, 2.24) is 9.91 Å². The highest BCUT2D eigenvalue weighted by Crippen LogP contribution is 2.22. The van der Waals surface area contributed by atoms with Crippen molar-refractivity contribution in [2.75, 3.05) is 25.5 Å². The molecule has 0 aromatic heterocycles. The molecule has 3 rings (SSSR count). The fourth-order valence-corrected chi connectivity index (χ4v) is 3.86. The number of carbonyl (C=O) groups is 3. The molecule has 0 fully saturated rings. The molecule has 3 amide bonds. The molecule has 2 aromatic carbocycles. The van der Waals surface area contributed by atoms with Crippen molar-refractivity contribution in [1.29, 1.82) is 0 Å². The van der Waals surface area contributed by atoms with Crippen LogP contribution in [0.25, 0.3) is 0 Å². The molecule has 0 unspecified atom stereocenters. The molecule has 1 N–H and O–H groups in total. The molecule has 1 aliphatic rings. The van der Waals surface area contributed by atoms with E-state index >= 15 is 0 Å². The van der Waals surface area contributed by atoms with Crippen molar-refractivity contribution in [3.8, 4) is 0 Å². The lowest BCUT2D eigenvalue weighted by Crippen LogP contribution is -2.35. The maximum absolute atomic E-state index is 12.5. The monoisotopic (exact) mass is 434 g/mol. The van der Waals surface area contributed by atoms with Crippen LogP contribution in [0.4, 0.5) is 5.69 Å². The average Bonchev–Trinajstić information content (AvgIpc) is 3.25. The standard InChI is InChI=1S/C25H30N4O3/c1-17-14-18(2)25(19(3)15-17)26-22(30)16-28(4)23(31)10-11-24(32)29-13-12-21(27-29)20-8-6-5-7-9-20/h5-9,14-15H,10-13,16H2,1-4H3,(H,26,30). The number of rotatable bonds is 7. The van der Waals surface area contributed by atoms with Crippen LogP contribution in [0.5, 0.6) is 0 Å². The zero-order valence-corrected chi connectivity index (χ0v) is 19.1. The number of nitrogens with zero attached hydrogens (tertiary/aromatic N) is 3. The molecule has 0 radical (unpaired) electrons. The molecule has 0 bridgehead atoms. The van der Waals surface area contributed by atoms with Gasteiger partial charge in [0.1, 0.15) is 0 Å². The van der Waals surface area contributed by atoms with E-state index in [1.54, 1.807) is 7.05 Å². The number of hydrogen-bond acceptors (Lipinski definition) is 4. The Hall–Kier alpha value is -3.48. The van der Waals surface area contributed by atoms with Crippen molar-refractivity contribution in [3.05, 3.63) is 64.7 Å². The van der Waals surface area contributed by atoms with Crippen LogP contribution in [-0.4, -0.2) is 53.5 Å². The number of aryl methyl sites for hydroxylation is 3. The Bertz CT molecular complexity index is 1020. The summed E-state index contributed by atoms with van der Waals surface area (Å²) in [4.78, 5) is 38.7. The molecule has 168 valence electrons. The van der Waals surface area contributed by atoms with E-state index in [0.717, 1.165) is 33.7 Å². The average molecular weight is 435 g/mol. The second-order valence-corrected chi connectivity index (χ2v) is 8.25. The highest BCUT2D eigenvalue weighted by atomic mass is 16.2. The molecular weight excluding hydrogens is 404 g/mol. The number of hydrazone groups is 1. The predicted octanol–water partition coefficient (Wildman–Crippen LogP) is 3.43. The third-order valence-corrected chi connectivity index (χ3v) is 5.50. The molecule has 7 heteroatoms. The molecule has 0 saturated carbocycles. The molecule has 0 spiro atoms. The van der Waals surface area contributed by atoms with Crippen LogP contribution in [0.3, 0.4) is 0 Å². The highest BCUT2D eigenvalue weighted by Gasteiger charge is 2.23. The van der Waals surface area contributed by atoms with Crippen LogP contribution in [0.1, 0.15) is 41.5 Å². The Morgan fingerprint density at radius 1 is 1.03 bits per heavy atom. The van der Waals surface area contributed by atoms with Crippen molar-refractivity contribution in [2.24, 2.45) is 5.10 Å². The third kappa shape index (κ3) is 5.81. The van der Waals surface area contributed by atoms with Gasteiger partial charge in [-0.1, -0.05) is 48.0 Å². The summed E-state index contributed by atoms with van der Waals surface area (Å²) < 4.78 is 0. The van der Waals surface area contributed by atoms with Gasteiger partial charge in [0.25, 0.3) is 0 Å². The number of carbonyl (C=O) groups excluding carboxylic acids is 3. The van der Waals surface area contributed by atoms with E-state index in [1.165, 1.54) is 9.91 Å². The van der Waals surface area contributed by atoms with E-state index in [0.29, 0.717) is 13.0 Å². The van der Waals surface area contributed by atoms with Crippen molar-refractivity contribution >= 4 is 29.1 Å². The molecule has 2 aromatic rings. The molecule has 0 aliphatic carbocycles. The Morgan fingerprint density at radius 2 is 1.69 bits per heavy atom. The number of anilines is 1. The van der Waals surface area contributed by atoms with Crippen LogP contribution in [0, 0.1) is 20.8 Å². The summed E-state index contributed by atoms with van der Waals surface area (Å²) >= 11 is 0. The van der Waals surface area contributed by atoms with Gasteiger partial charge in [-0.25, -0.2) is 5.01 Å². The number of hydrogen-bond donors (Lipinski definition) is 1. The lowest BCUT2D eigenvalue weighted by atomic mass is 10.1. The molecule has 0 atom stereocenters. The van der Waals surface area contributed by atoms with Crippen molar-refractivity contribution in [2.45, 2.75) is 40.0 Å². The number of amides is 3. The summed E-state index contributed by atoms with van der Waals surface area (Å²) in [5, 5.41) is 8.74. The molecule has 0 saturated heterocycles. The zero-order chi connectivity index (χ0) is 23.3. The summed E-state index contributed by atoms with van der Waals surface area (Å²) in [5.41, 5.74) is 5.75. The highest BCUT2D eigenvalue weighted by molar-refractivity contribution is 6.02. The maximum atomic E-state index is 12.5. The number of nitrogens with one attached hydrogen (secondary N) is 1. The minimum Gasteiger partial charge on any atom is -0.336 e. The fraction of sp³-hybridized carbons (Fsp3) is 0.360. The van der Waals surface area contributed by atoms with Gasteiger partial charge < -0.3 is 10.2 Å². The van der Waals surface area contributed by atoms with Gasteiger partial charge in [0.15, 0.2) is 0 Å². The Labute approximate surface area is 189 Å². The fourth-order valence-electron chi connectivity index (χ4n) is 3.86. The predicted molar refractivity (Wildman–Crippen MR) is 125 cm³/mol. The summed E-state index contributed by atoms with van der Waals surface area (Å²) in [6, 6.07) is 13.8. The smallest absolute Gasteiger partial charge is 0.243 e. The lowest BCUT2D eigenvalue weighted by Gasteiger charge is -2.19. The van der Waals surface area contributed by atoms with Gasteiger partial charge >= 0.3 is 0 Å². The second-order valence-electron chi connectivity index (χ2n) is 8.25. The van der Waals surface area contributed by atoms with Crippen LogP contribution in [0.2, 0.25) is 0 Å². The van der Waals surface area contributed by atoms with Crippen LogP contribution in [0.15, 0.2) is 47.6 Å². The Morgan fingerprint density at radius 3 is 2.34 bits per heavy atom. The van der Waals surface area contributed by atoms with Gasteiger partial charge in [-0.15, -0.1) is 0 Å². The van der Waals surface area contributed by atoms with Crippen molar-refractivity contribution in [3.63, 3.8) is 0 Å². The van der Waals surface area contributed by atoms with Gasteiger partial charge in [0.05, 0.1) is 18.8 Å². The van der Waals surface area contributed by atoms with Gasteiger partial charge in [-0.2, -0.15) is 5.10 Å². The molecule has 1 heterocycles. The molecule has 1 aliphatic heterocycles. The SMILES string of the molecule is Cc1cc(C)c(NC(=O)CN(C)C(=O)CCC(=O)N2CCC(c3ccccc3)=N2)c(C)c1. The van der Waals surface area contributed by atoms with Crippen LogP contribution in [-0.2, 0) is 14.4 Å². The first-order valence-corrected chi connectivity index (χ1v) is 10.8. The summed E-state index contributed by atoms with van der Waals surface area (Å²) in [7, 11) is 1.57. The van der Waals surface area contributed by atoms with E-state index < -0.39 is 0 Å². The molecule has 7 nitrogen and oxygen atoms in total. The summed E-state index contributed by atoms with van der Waals surface area (Å²) in [6.45, 7) is 6.35. The van der Waals surface area contributed by atoms with Crippen LogP contribution < -0.4 is 5.32 Å². The van der Waals surface area contributed by atoms with Crippen molar-refractivity contribution < 1.29 is 14.4 Å². The zero-order valence-electron chi connectivity index (χ0n) is 19.1. The van der Waals surface area contributed by atoms with Crippen LogP contribution >= 0.6 is 0 Å². The van der Waals surface area contributed by atoms with Gasteiger partial charge in [-0.05, 0) is 37.5 Å². The van der Waals surface area contributed by atoms with Gasteiger partial charge in [-0.3, -0.25) is 14.4 Å². The maximum Gasteiger partial charge on any atom is 0.243 e. The molecule has 32 heavy (non-hydrogen) atoms. The third-order valence-electron chi connectivity index (χ3n) is 5.50. The van der Waals surface area contributed by atoms with Gasteiger partial charge in [0.2, 0.25) is 17.7 Å². The first kappa shape index (κ1) is 23.2. The van der Waals surface area contributed by atoms with E-state index in [-0.39, 0.29) is 37.1 Å². The van der Waals surface area contributed by atoms with E-state index in [1.807, 2.05) is 63.2 Å².